The van der Waals surface area contributed by atoms with E-state index in [4.69, 9.17) is 16.3 Å². The first-order chi connectivity index (χ1) is 16.3. The highest BCUT2D eigenvalue weighted by Crippen LogP contribution is 2.41. The van der Waals surface area contributed by atoms with Gasteiger partial charge in [-0.1, -0.05) is 45.9 Å². The van der Waals surface area contributed by atoms with Crippen LogP contribution < -0.4 is 5.32 Å². The summed E-state index contributed by atoms with van der Waals surface area (Å²) in [5.41, 5.74) is 1.93. The van der Waals surface area contributed by atoms with Gasteiger partial charge in [0.15, 0.2) is 12.5 Å². The fourth-order valence-corrected chi connectivity index (χ4v) is 5.20. The van der Waals surface area contributed by atoms with Crippen LogP contribution in [-0.4, -0.2) is 60.5 Å². The van der Waals surface area contributed by atoms with Crippen LogP contribution in [0.15, 0.2) is 40.6 Å². The first-order valence-corrected chi connectivity index (χ1v) is 12.8. The lowest BCUT2D eigenvalue weighted by Gasteiger charge is -2.46. The minimum absolute atomic E-state index is 0.00822. The summed E-state index contributed by atoms with van der Waals surface area (Å²) in [5, 5.41) is 3.22. The van der Waals surface area contributed by atoms with Crippen molar-refractivity contribution in [2.75, 3.05) is 26.2 Å². The maximum absolute atomic E-state index is 12.9. The highest BCUT2D eigenvalue weighted by molar-refractivity contribution is 6.22. The fraction of sp³-hybridized carbons (Fsp3) is 0.692. The number of piperidine rings is 1. The van der Waals surface area contributed by atoms with Crippen molar-refractivity contribution in [2.45, 2.75) is 71.0 Å². The van der Waals surface area contributed by atoms with E-state index in [0.29, 0.717) is 17.9 Å². The summed E-state index contributed by atoms with van der Waals surface area (Å²) < 4.78 is 41.7. The first-order valence-electron chi connectivity index (χ1n) is 12.3. The zero-order valence-corrected chi connectivity index (χ0v) is 21.8. The summed E-state index contributed by atoms with van der Waals surface area (Å²) in [5.74, 6) is 0.492. The highest BCUT2D eigenvalue weighted by Gasteiger charge is 2.38. The molecule has 5 nitrogen and oxygen atoms in total. The second kappa shape index (κ2) is 11.5. The lowest BCUT2D eigenvalue weighted by atomic mass is 9.69. The number of likely N-dealkylation sites (tertiary alicyclic amines) is 1. The Balaban J connectivity index is 1.56. The van der Waals surface area contributed by atoms with E-state index in [1.165, 1.54) is 11.8 Å². The molecule has 3 atom stereocenters. The molecular weight excluding hydrogens is 479 g/mol. The zero-order chi connectivity index (χ0) is 25.8. The van der Waals surface area contributed by atoms with E-state index in [9.17, 15) is 18.0 Å². The quantitative estimate of drug-likeness (QED) is 0.447. The number of hydrogen-bond donors (Lipinski definition) is 1. The molecule has 9 heteroatoms. The fourth-order valence-electron chi connectivity index (χ4n) is 5.04. The summed E-state index contributed by atoms with van der Waals surface area (Å²) in [6, 6.07) is -0.0478. The number of hydrogen-bond acceptors (Lipinski definition) is 4. The first kappa shape index (κ1) is 27.8. The lowest BCUT2D eigenvalue weighted by Crippen LogP contribution is -2.53. The Morgan fingerprint density at radius 1 is 1.34 bits per heavy atom. The summed E-state index contributed by atoms with van der Waals surface area (Å²) >= 11 is 6.20. The molecular formula is C26H37ClF3N3O2. The van der Waals surface area contributed by atoms with Gasteiger partial charge in [-0.05, 0) is 48.6 Å². The largest absolute Gasteiger partial charge is 0.471 e. The Kier molecular flexibility index (Phi) is 9.13. The van der Waals surface area contributed by atoms with Gasteiger partial charge in [0.1, 0.15) is 0 Å². The van der Waals surface area contributed by atoms with Crippen molar-refractivity contribution in [2.24, 2.45) is 22.2 Å². The predicted molar refractivity (Wildman–Crippen MR) is 133 cm³/mol. The van der Waals surface area contributed by atoms with Crippen LogP contribution in [0.1, 0.15) is 53.4 Å². The van der Waals surface area contributed by atoms with Crippen LogP contribution in [0.3, 0.4) is 0 Å². The Morgan fingerprint density at radius 2 is 2.09 bits per heavy atom. The molecule has 0 aromatic heterocycles. The normalized spacial score (nSPS) is 26.0. The number of amides is 1. The maximum atomic E-state index is 12.9. The highest BCUT2D eigenvalue weighted by atomic mass is 35.5. The maximum Gasteiger partial charge on any atom is 0.422 e. The summed E-state index contributed by atoms with van der Waals surface area (Å²) in [4.78, 5) is 19.2. The molecule has 3 aliphatic rings. The monoisotopic (exact) mass is 515 g/mol. The molecule has 2 heterocycles. The number of nitrogens with one attached hydrogen (secondary N) is 1. The van der Waals surface area contributed by atoms with E-state index in [1.807, 2.05) is 0 Å². The van der Waals surface area contributed by atoms with Gasteiger partial charge in [0.25, 0.3) is 0 Å². The summed E-state index contributed by atoms with van der Waals surface area (Å²) in [6.07, 6.45) is 5.87. The Morgan fingerprint density at radius 3 is 2.63 bits per heavy atom. The van der Waals surface area contributed by atoms with Crippen LogP contribution in [0.5, 0.6) is 0 Å². The van der Waals surface area contributed by atoms with Gasteiger partial charge in [0, 0.05) is 37.3 Å². The Labute approximate surface area is 211 Å². The molecule has 1 unspecified atom stereocenters. The number of halogens is 4. The van der Waals surface area contributed by atoms with Gasteiger partial charge < -0.3 is 15.0 Å². The van der Waals surface area contributed by atoms with Gasteiger partial charge >= 0.3 is 6.18 Å². The second-order valence-electron chi connectivity index (χ2n) is 10.8. The molecule has 1 N–H and O–H groups in total. The van der Waals surface area contributed by atoms with Crippen molar-refractivity contribution >= 4 is 23.4 Å². The van der Waals surface area contributed by atoms with Crippen LogP contribution in [0, 0.1) is 17.3 Å². The molecule has 0 spiro atoms. The van der Waals surface area contributed by atoms with E-state index < -0.39 is 12.8 Å². The molecule has 0 radical (unpaired) electrons. The predicted octanol–water partition coefficient (Wildman–Crippen LogP) is 5.62. The van der Waals surface area contributed by atoms with Crippen molar-refractivity contribution in [1.29, 1.82) is 0 Å². The minimum Gasteiger partial charge on any atom is -0.471 e. The van der Waals surface area contributed by atoms with Crippen LogP contribution in [0.2, 0.25) is 0 Å². The molecule has 1 saturated heterocycles. The van der Waals surface area contributed by atoms with E-state index in [0.717, 1.165) is 32.5 Å². The Hall–Kier alpha value is -1.80. The van der Waals surface area contributed by atoms with E-state index in [1.54, 1.807) is 0 Å². The number of alkyl halides is 4. The van der Waals surface area contributed by atoms with Crippen molar-refractivity contribution in [3.8, 4) is 0 Å². The van der Waals surface area contributed by atoms with Crippen LogP contribution >= 0.6 is 11.6 Å². The number of nitrogens with zero attached hydrogens (tertiary/aromatic N) is 2. The van der Waals surface area contributed by atoms with Crippen LogP contribution in [0.4, 0.5) is 13.2 Å². The molecule has 0 aromatic rings. The third kappa shape index (κ3) is 8.10. The molecule has 0 aromatic carbocycles. The topological polar surface area (TPSA) is 53.9 Å². The smallest absolute Gasteiger partial charge is 0.422 e. The van der Waals surface area contributed by atoms with Crippen LogP contribution in [0.25, 0.3) is 0 Å². The number of allylic oxidation sites excluding steroid dienone is 4. The SMILES string of the molecule is CC(C)[C@H](CN1CC[C@H](C2=CCC(Cl)C=C2)C(C)(C)C1)NC(=O)C1=CN=C(OCC(F)(F)F)CC1. The van der Waals surface area contributed by atoms with Gasteiger partial charge in [0.2, 0.25) is 5.91 Å². The van der Waals surface area contributed by atoms with E-state index in [-0.39, 0.29) is 41.0 Å². The third-order valence-corrected chi connectivity index (χ3v) is 7.35. The molecule has 35 heavy (non-hydrogen) atoms. The Bertz CT molecular complexity index is 893. The van der Waals surface area contributed by atoms with Crippen LogP contribution in [-0.2, 0) is 9.53 Å². The molecule has 1 fully saturated rings. The summed E-state index contributed by atoms with van der Waals surface area (Å²) in [7, 11) is 0. The average Bonchev–Trinajstić information content (AvgIpc) is 2.77. The molecule has 1 amide bonds. The van der Waals surface area contributed by atoms with E-state index in [2.05, 4.69) is 61.1 Å². The number of ether oxygens (including phenoxy) is 1. The van der Waals surface area contributed by atoms with Crippen molar-refractivity contribution in [3.05, 3.63) is 35.6 Å². The number of aliphatic imine (C=N–C) groups is 1. The van der Waals surface area contributed by atoms with Gasteiger partial charge in [-0.2, -0.15) is 13.2 Å². The van der Waals surface area contributed by atoms with Gasteiger partial charge in [-0.25, -0.2) is 4.99 Å². The van der Waals surface area contributed by atoms with Crippen molar-refractivity contribution < 1.29 is 22.7 Å². The number of carbonyl (C=O) groups excluding carboxylic acids is 1. The third-order valence-electron chi connectivity index (χ3n) is 7.03. The zero-order valence-electron chi connectivity index (χ0n) is 21.0. The minimum atomic E-state index is -4.41. The lowest BCUT2D eigenvalue weighted by molar-refractivity contribution is -0.156. The number of carbonyl (C=O) groups is 1. The van der Waals surface area contributed by atoms with Gasteiger partial charge in [-0.15, -0.1) is 11.6 Å². The standard InChI is InChI=1S/C26H37ClF3N3O2/c1-17(2)22(32-24(34)19-7-10-23(31-13-19)35-16-26(28,29)30)14-33-12-11-21(25(3,4)15-33)18-5-8-20(27)9-6-18/h5-6,8,13,17,20-22H,7,9-12,14-16H2,1-4H3,(H,32,34)/t20?,21-,22+/m1/s1. The average molecular weight is 516 g/mol. The second-order valence-corrected chi connectivity index (χ2v) is 11.3. The van der Waals surface area contributed by atoms with Gasteiger partial charge in [-0.3, -0.25) is 4.79 Å². The van der Waals surface area contributed by atoms with Crippen molar-refractivity contribution in [3.63, 3.8) is 0 Å². The summed E-state index contributed by atoms with van der Waals surface area (Å²) in [6.45, 7) is 10.0. The van der Waals surface area contributed by atoms with E-state index >= 15 is 0 Å². The van der Waals surface area contributed by atoms with Crippen molar-refractivity contribution in [1.82, 2.24) is 10.2 Å². The molecule has 196 valence electrons. The van der Waals surface area contributed by atoms with Gasteiger partial charge in [0.05, 0.1) is 5.38 Å². The molecule has 0 bridgehead atoms. The molecule has 1 aliphatic carbocycles. The molecule has 0 saturated carbocycles. The molecule has 3 rings (SSSR count). The molecule has 2 aliphatic heterocycles. The number of rotatable bonds is 7.